The van der Waals surface area contributed by atoms with Gasteiger partial charge < -0.3 is 8.83 Å². The molecule has 2 aromatic rings. The lowest BCUT2D eigenvalue weighted by Gasteiger charge is -1.97. The van der Waals surface area contributed by atoms with Crippen LogP contribution in [0.5, 0.6) is 0 Å². The summed E-state index contributed by atoms with van der Waals surface area (Å²) in [4.78, 5) is 0.150. The van der Waals surface area contributed by atoms with Gasteiger partial charge >= 0.3 is 0 Å². The first-order valence-corrected chi connectivity index (χ1v) is 6.20. The molecule has 1 unspecified atom stereocenters. The highest BCUT2D eigenvalue weighted by molar-refractivity contribution is 9.09. The van der Waals surface area contributed by atoms with Crippen molar-refractivity contribution in [3.8, 4) is 0 Å². The topological polar surface area (TPSA) is 52.1 Å². The molecule has 5 heteroatoms. The minimum atomic E-state index is 0.150. The summed E-state index contributed by atoms with van der Waals surface area (Å²) >= 11 is 3.47. The fourth-order valence-electron chi connectivity index (χ4n) is 1.35. The Morgan fingerprint density at radius 3 is 2.94 bits per heavy atom. The third kappa shape index (κ3) is 2.72. The van der Waals surface area contributed by atoms with E-state index in [-0.39, 0.29) is 4.83 Å². The maximum absolute atomic E-state index is 5.52. The number of hydrogen-bond donors (Lipinski definition) is 0. The van der Waals surface area contributed by atoms with Gasteiger partial charge in [0, 0.05) is 12.8 Å². The lowest BCUT2D eigenvalue weighted by Crippen LogP contribution is -1.89. The average Bonchev–Trinajstić information content (AvgIpc) is 2.96. The van der Waals surface area contributed by atoms with Gasteiger partial charge in [0.25, 0.3) is 0 Å². The summed E-state index contributed by atoms with van der Waals surface area (Å²) in [5, 5.41) is 7.99. The quantitative estimate of drug-likeness (QED) is 0.791. The van der Waals surface area contributed by atoms with E-state index in [0.717, 1.165) is 18.6 Å². The van der Waals surface area contributed by atoms with Crippen LogP contribution in [0.1, 0.15) is 35.7 Å². The van der Waals surface area contributed by atoms with E-state index in [2.05, 4.69) is 33.1 Å². The van der Waals surface area contributed by atoms with E-state index >= 15 is 0 Å². The molecule has 0 aliphatic heterocycles. The van der Waals surface area contributed by atoms with Crippen LogP contribution < -0.4 is 0 Å². The van der Waals surface area contributed by atoms with E-state index in [1.54, 1.807) is 6.26 Å². The maximum atomic E-state index is 5.52. The van der Waals surface area contributed by atoms with Gasteiger partial charge in [0.1, 0.15) is 5.76 Å². The molecule has 0 saturated carbocycles. The highest BCUT2D eigenvalue weighted by Gasteiger charge is 2.13. The number of rotatable bonds is 5. The van der Waals surface area contributed by atoms with Crippen molar-refractivity contribution in [1.29, 1.82) is 0 Å². The van der Waals surface area contributed by atoms with E-state index in [4.69, 9.17) is 8.83 Å². The third-order valence-electron chi connectivity index (χ3n) is 2.27. The molecular weight excluding hydrogens is 272 g/mol. The lowest BCUT2D eigenvalue weighted by molar-refractivity contribution is 0.434. The zero-order valence-electron chi connectivity index (χ0n) is 9.02. The van der Waals surface area contributed by atoms with Gasteiger partial charge in [-0.25, -0.2) is 0 Å². The van der Waals surface area contributed by atoms with Gasteiger partial charge in [-0.2, -0.15) is 0 Å². The van der Waals surface area contributed by atoms with Crippen LogP contribution in [0.2, 0.25) is 0 Å². The van der Waals surface area contributed by atoms with E-state index in [9.17, 15) is 0 Å². The molecule has 0 fully saturated rings. The number of aryl methyl sites for hydroxylation is 2. The van der Waals surface area contributed by atoms with E-state index < -0.39 is 0 Å². The summed E-state index contributed by atoms with van der Waals surface area (Å²) in [5.74, 6) is 2.24. The zero-order valence-corrected chi connectivity index (χ0v) is 10.6. The predicted octanol–water partition coefficient (Wildman–Crippen LogP) is 3.29. The highest BCUT2D eigenvalue weighted by Crippen LogP contribution is 2.24. The molecule has 0 aliphatic carbocycles. The maximum Gasteiger partial charge on any atom is 0.230 e. The Morgan fingerprint density at radius 1 is 1.38 bits per heavy atom. The standard InChI is InChI=1S/C11H13BrN2O2/c1-2-9(12)11-14-13-10(16-11)6-5-8-4-3-7-15-8/h3-4,7,9H,2,5-6H2,1H3. The molecule has 4 nitrogen and oxygen atoms in total. The molecule has 0 saturated heterocycles. The first kappa shape index (κ1) is 11.4. The second kappa shape index (κ2) is 5.30. The highest BCUT2D eigenvalue weighted by atomic mass is 79.9. The van der Waals surface area contributed by atoms with Gasteiger partial charge in [-0.3, -0.25) is 0 Å². The molecule has 0 bridgehead atoms. The Morgan fingerprint density at radius 2 is 2.25 bits per heavy atom. The normalized spacial score (nSPS) is 12.9. The predicted molar refractivity (Wildman–Crippen MR) is 62.4 cm³/mol. The number of halogens is 1. The van der Waals surface area contributed by atoms with Crippen molar-refractivity contribution in [3.63, 3.8) is 0 Å². The molecule has 0 aliphatic rings. The number of aromatic nitrogens is 2. The van der Waals surface area contributed by atoms with Crippen molar-refractivity contribution in [2.24, 2.45) is 0 Å². The van der Waals surface area contributed by atoms with E-state index in [1.807, 2.05) is 12.1 Å². The summed E-state index contributed by atoms with van der Waals surface area (Å²) in [7, 11) is 0. The largest absolute Gasteiger partial charge is 0.469 e. The third-order valence-corrected chi connectivity index (χ3v) is 3.31. The van der Waals surface area contributed by atoms with Crippen molar-refractivity contribution in [3.05, 3.63) is 35.9 Å². The fourth-order valence-corrected chi connectivity index (χ4v) is 1.54. The Labute approximate surface area is 102 Å². The molecule has 1 atom stereocenters. The second-order valence-corrected chi connectivity index (χ2v) is 4.59. The fraction of sp³-hybridized carbons (Fsp3) is 0.455. The number of hydrogen-bond acceptors (Lipinski definition) is 4. The minimum absolute atomic E-state index is 0.150. The summed E-state index contributed by atoms with van der Waals surface area (Å²) in [6.45, 7) is 2.06. The average molecular weight is 285 g/mol. The van der Waals surface area contributed by atoms with Crippen LogP contribution in [0, 0.1) is 0 Å². The molecule has 0 spiro atoms. The summed E-state index contributed by atoms with van der Waals surface area (Å²) < 4.78 is 10.8. The minimum Gasteiger partial charge on any atom is -0.469 e. The number of furan rings is 1. The molecule has 2 heterocycles. The van der Waals surface area contributed by atoms with E-state index in [0.29, 0.717) is 18.2 Å². The summed E-state index contributed by atoms with van der Waals surface area (Å²) in [6.07, 6.45) is 4.09. The first-order valence-electron chi connectivity index (χ1n) is 5.28. The van der Waals surface area contributed by atoms with Crippen LogP contribution in [0.4, 0.5) is 0 Å². The molecule has 86 valence electrons. The van der Waals surface area contributed by atoms with Crippen LogP contribution in [0.15, 0.2) is 27.2 Å². The molecule has 0 N–H and O–H groups in total. The summed E-state index contributed by atoms with van der Waals surface area (Å²) in [5.41, 5.74) is 0. The van der Waals surface area contributed by atoms with Crippen LogP contribution >= 0.6 is 15.9 Å². The van der Waals surface area contributed by atoms with Gasteiger partial charge in [0.2, 0.25) is 11.8 Å². The molecule has 0 radical (unpaired) electrons. The van der Waals surface area contributed by atoms with Crippen molar-refractivity contribution in [2.75, 3.05) is 0 Å². The molecular formula is C11H13BrN2O2. The Bertz CT molecular complexity index is 425. The summed E-state index contributed by atoms with van der Waals surface area (Å²) in [6, 6.07) is 3.82. The van der Waals surface area contributed by atoms with Crippen molar-refractivity contribution in [1.82, 2.24) is 10.2 Å². The smallest absolute Gasteiger partial charge is 0.230 e. The van der Waals surface area contributed by atoms with Crippen molar-refractivity contribution in [2.45, 2.75) is 31.0 Å². The van der Waals surface area contributed by atoms with Gasteiger partial charge in [-0.15, -0.1) is 10.2 Å². The molecule has 2 rings (SSSR count). The van der Waals surface area contributed by atoms with Gasteiger partial charge in [0.05, 0.1) is 11.1 Å². The molecule has 16 heavy (non-hydrogen) atoms. The van der Waals surface area contributed by atoms with Gasteiger partial charge in [-0.05, 0) is 18.6 Å². The van der Waals surface area contributed by atoms with Gasteiger partial charge in [0.15, 0.2) is 0 Å². The number of nitrogens with zero attached hydrogens (tertiary/aromatic N) is 2. The molecule has 0 amide bonds. The van der Waals surface area contributed by atoms with Gasteiger partial charge in [-0.1, -0.05) is 22.9 Å². The SMILES string of the molecule is CCC(Br)c1nnc(CCc2ccco2)o1. The van der Waals surface area contributed by atoms with Crippen LogP contribution in [0.3, 0.4) is 0 Å². The van der Waals surface area contributed by atoms with Crippen LogP contribution in [0.25, 0.3) is 0 Å². The monoisotopic (exact) mass is 284 g/mol. The van der Waals surface area contributed by atoms with Crippen molar-refractivity contribution < 1.29 is 8.83 Å². The van der Waals surface area contributed by atoms with Crippen LogP contribution in [-0.4, -0.2) is 10.2 Å². The van der Waals surface area contributed by atoms with E-state index in [1.165, 1.54) is 0 Å². The molecule has 0 aromatic carbocycles. The molecule has 2 aromatic heterocycles. The second-order valence-electron chi connectivity index (χ2n) is 3.49. The Hall–Kier alpha value is -1.10. The van der Waals surface area contributed by atoms with Crippen LogP contribution in [-0.2, 0) is 12.8 Å². The Balaban J connectivity index is 1.93. The number of alkyl halides is 1. The van der Waals surface area contributed by atoms with Crippen molar-refractivity contribution >= 4 is 15.9 Å². The zero-order chi connectivity index (χ0) is 11.4. The lowest BCUT2D eigenvalue weighted by atomic mass is 10.2. The first-order chi connectivity index (χ1) is 7.79. The Kier molecular flexibility index (Phi) is 3.77.